The van der Waals surface area contributed by atoms with E-state index in [1.54, 1.807) is 12.1 Å². The molecule has 8 nitrogen and oxygen atoms in total. The van der Waals surface area contributed by atoms with Gasteiger partial charge in [0.2, 0.25) is 0 Å². The van der Waals surface area contributed by atoms with Gasteiger partial charge in [-0.15, -0.1) is 0 Å². The van der Waals surface area contributed by atoms with Crippen molar-refractivity contribution in [2.75, 3.05) is 32.9 Å². The Hall–Kier alpha value is -2.77. The molecule has 0 unspecified atom stereocenters. The van der Waals surface area contributed by atoms with E-state index < -0.39 is 5.97 Å². The molecule has 0 bridgehead atoms. The summed E-state index contributed by atoms with van der Waals surface area (Å²) in [6, 6.07) is 4.81. The van der Waals surface area contributed by atoms with Crippen molar-refractivity contribution in [2.24, 2.45) is 5.92 Å². The number of piperidine rings is 1. The van der Waals surface area contributed by atoms with Crippen LogP contribution in [0.2, 0.25) is 0 Å². The second-order valence-corrected chi connectivity index (χ2v) is 8.93. The maximum Gasteiger partial charge on any atom is 0.338 e. The Bertz CT molecular complexity index is 813. The van der Waals surface area contributed by atoms with Gasteiger partial charge in [-0.05, 0) is 76.0 Å². The van der Waals surface area contributed by atoms with Gasteiger partial charge < -0.3 is 24.4 Å². The molecule has 1 saturated carbocycles. The molecule has 1 heterocycles. The molecule has 182 valence electrons. The number of hydrogen-bond donors (Lipinski definition) is 1. The highest BCUT2D eigenvalue weighted by molar-refractivity contribution is 5.92. The number of nitrogens with zero attached hydrogens (tertiary/aromatic N) is 1. The standard InChI is InChI=1S/C25H36N2O6/c1-3-31-22-15-19(9-12-21(22)32-17-24(29)27-13-5-4-6-14-27)25(30)33-16-23(28)26-20-10-7-18(2)8-11-20/h9,12,15,18,20H,3-8,10-11,13-14,16-17H2,1-2H3,(H,26,28). The fourth-order valence-electron chi connectivity index (χ4n) is 4.28. The second-order valence-electron chi connectivity index (χ2n) is 8.93. The number of carbonyl (C=O) groups is 3. The zero-order valence-electron chi connectivity index (χ0n) is 19.8. The van der Waals surface area contributed by atoms with Crippen LogP contribution >= 0.6 is 0 Å². The molecule has 2 aliphatic rings. The first-order valence-electron chi connectivity index (χ1n) is 12.1. The predicted octanol–water partition coefficient (Wildman–Crippen LogP) is 3.33. The minimum Gasteiger partial charge on any atom is -0.490 e. The summed E-state index contributed by atoms with van der Waals surface area (Å²) < 4.78 is 16.5. The van der Waals surface area contributed by atoms with Gasteiger partial charge in [0.25, 0.3) is 11.8 Å². The Morgan fingerprint density at radius 1 is 0.970 bits per heavy atom. The Balaban J connectivity index is 1.51. The molecular formula is C25H36N2O6. The van der Waals surface area contributed by atoms with Crippen molar-refractivity contribution < 1.29 is 28.6 Å². The van der Waals surface area contributed by atoms with Gasteiger partial charge in [-0.2, -0.15) is 0 Å². The fraction of sp³-hybridized carbons (Fsp3) is 0.640. The van der Waals surface area contributed by atoms with E-state index >= 15 is 0 Å². The summed E-state index contributed by atoms with van der Waals surface area (Å²) in [5.74, 6) is 0.495. The van der Waals surface area contributed by atoms with Crippen LogP contribution in [0.1, 0.15) is 69.2 Å². The molecule has 0 atom stereocenters. The molecule has 33 heavy (non-hydrogen) atoms. The lowest BCUT2D eigenvalue weighted by Gasteiger charge is -2.26. The third-order valence-electron chi connectivity index (χ3n) is 6.25. The van der Waals surface area contributed by atoms with Crippen molar-refractivity contribution >= 4 is 17.8 Å². The van der Waals surface area contributed by atoms with Gasteiger partial charge in [0, 0.05) is 19.1 Å². The third kappa shape index (κ3) is 7.65. The molecule has 1 aliphatic heterocycles. The molecule has 1 aliphatic carbocycles. The van der Waals surface area contributed by atoms with Crippen molar-refractivity contribution in [3.8, 4) is 11.5 Å². The van der Waals surface area contributed by atoms with E-state index in [0.717, 1.165) is 58.0 Å². The van der Waals surface area contributed by atoms with E-state index in [1.807, 2.05) is 11.8 Å². The Morgan fingerprint density at radius 2 is 1.70 bits per heavy atom. The molecule has 1 N–H and O–H groups in total. The second kappa shape index (κ2) is 12.5. The number of esters is 1. The monoisotopic (exact) mass is 460 g/mol. The molecule has 0 aromatic heterocycles. The summed E-state index contributed by atoms with van der Waals surface area (Å²) in [7, 11) is 0. The molecule has 2 amide bonds. The van der Waals surface area contributed by atoms with Gasteiger partial charge in [-0.25, -0.2) is 4.79 Å². The molecule has 2 fully saturated rings. The Kier molecular flexibility index (Phi) is 9.39. The van der Waals surface area contributed by atoms with Crippen LogP contribution in [-0.4, -0.2) is 61.6 Å². The molecule has 0 spiro atoms. The minimum absolute atomic E-state index is 0.0564. The van der Waals surface area contributed by atoms with Gasteiger partial charge in [0.05, 0.1) is 12.2 Å². The van der Waals surface area contributed by atoms with Gasteiger partial charge in [-0.1, -0.05) is 6.92 Å². The number of carbonyl (C=O) groups excluding carboxylic acids is 3. The van der Waals surface area contributed by atoms with Gasteiger partial charge >= 0.3 is 5.97 Å². The largest absolute Gasteiger partial charge is 0.490 e. The van der Waals surface area contributed by atoms with E-state index in [4.69, 9.17) is 14.2 Å². The lowest BCUT2D eigenvalue weighted by molar-refractivity contribution is -0.134. The van der Waals surface area contributed by atoms with Crippen LogP contribution in [0.3, 0.4) is 0 Å². The average Bonchev–Trinajstić information content (AvgIpc) is 2.83. The number of nitrogens with one attached hydrogen (secondary N) is 1. The molecule has 1 aromatic rings. The number of ether oxygens (including phenoxy) is 3. The molecule has 1 aromatic carbocycles. The number of likely N-dealkylation sites (tertiary alicyclic amines) is 1. The fourth-order valence-corrected chi connectivity index (χ4v) is 4.28. The van der Waals surface area contributed by atoms with E-state index in [2.05, 4.69) is 12.2 Å². The van der Waals surface area contributed by atoms with E-state index in [1.165, 1.54) is 6.07 Å². The van der Waals surface area contributed by atoms with Crippen molar-refractivity contribution in [1.29, 1.82) is 0 Å². The van der Waals surface area contributed by atoms with Gasteiger partial charge in [-0.3, -0.25) is 9.59 Å². The molecular weight excluding hydrogens is 424 g/mol. The lowest BCUT2D eigenvalue weighted by Crippen LogP contribution is -2.39. The van der Waals surface area contributed by atoms with Crippen molar-refractivity contribution in [1.82, 2.24) is 10.2 Å². The van der Waals surface area contributed by atoms with Crippen LogP contribution in [0.15, 0.2) is 18.2 Å². The zero-order chi connectivity index (χ0) is 23.6. The van der Waals surface area contributed by atoms with Gasteiger partial charge in [0.15, 0.2) is 24.7 Å². The van der Waals surface area contributed by atoms with Crippen LogP contribution in [0.25, 0.3) is 0 Å². The lowest BCUT2D eigenvalue weighted by atomic mass is 9.87. The maximum absolute atomic E-state index is 12.5. The summed E-state index contributed by atoms with van der Waals surface area (Å²) >= 11 is 0. The number of amides is 2. The summed E-state index contributed by atoms with van der Waals surface area (Å²) in [6.45, 7) is 5.54. The van der Waals surface area contributed by atoms with Gasteiger partial charge in [0.1, 0.15) is 0 Å². The first-order chi connectivity index (χ1) is 16.0. The molecule has 3 rings (SSSR count). The first kappa shape index (κ1) is 24.9. The van der Waals surface area contributed by atoms with Crippen LogP contribution < -0.4 is 14.8 Å². The Morgan fingerprint density at radius 3 is 2.39 bits per heavy atom. The highest BCUT2D eigenvalue weighted by Crippen LogP contribution is 2.29. The van der Waals surface area contributed by atoms with Crippen molar-refractivity contribution in [3.05, 3.63) is 23.8 Å². The normalized spacial score (nSPS) is 20.6. The number of benzene rings is 1. The predicted molar refractivity (Wildman–Crippen MR) is 123 cm³/mol. The van der Waals surface area contributed by atoms with E-state index in [0.29, 0.717) is 24.0 Å². The van der Waals surface area contributed by atoms with Crippen LogP contribution in [0.5, 0.6) is 11.5 Å². The summed E-state index contributed by atoms with van der Waals surface area (Å²) in [5.41, 5.74) is 0.257. The zero-order valence-corrected chi connectivity index (χ0v) is 19.8. The summed E-state index contributed by atoms with van der Waals surface area (Å²) in [4.78, 5) is 38.8. The molecule has 1 saturated heterocycles. The third-order valence-corrected chi connectivity index (χ3v) is 6.25. The van der Waals surface area contributed by atoms with Crippen molar-refractivity contribution in [3.63, 3.8) is 0 Å². The minimum atomic E-state index is -0.612. The number of hydrogen-bond acceptors (Lipinski definition) is 6. The topological polar surface area (TPSA) is 94.2 Å². The van der Waals surface area contributed by atoms with Crippen molar-refractivity contribution in [2.45, 2.75) is 64.8 Å². The highest BCUT2D eigenvalue weighted by atomic mass is 16.5. The average molecular weight is 461 g/mol. The van der Waals surface area contributed by atoms with E-state index in [9.17, 15) is 14.4 Å². The summed E-state index contributed by atoms with van der Waals surface area (Å²) in [5, 5.41) is 2.94. The highest BCUT2D eigenvalue weighted by Gasteiger charge is 2.21. The molecule has 0 radical (unpaired) electrons. The smallest absolute Gasteiger partial charge is 0.338 e. The summed E-state index contributed by atoms with van der Waals surface area (Å²) in [6.07, 6.45) is 7.31. The quantitative estimate of drug-likeness (QED) is 0.568. The van der Waals surface area contributed by atoms with Crippen LogP contribution in [0, 0.1) is 5.92 Å². The number of rotatable bonds is 9. The first-order valence-corrected chi connectivity index (χ1v) is 12.1. The van der Waals surface area contributed by atoms with Crippen LogP contribution in [0.4, 0.5) is 0 Å². The van der Waals surface area contributed by atoms with Crippen LogP contribution in [-0.2, 0) is 14.3 Å². The van der Waals surface area contributed by atoms with E-state index in [-0.39, 0.29) is 36.6 Å². The Labute approximate surface area is 195 Å². The maximum atomic E-state index is 12.5. The SMILES string of the molecule is CCOc1cc(C(=O)OCC(=O)NC2CCC(C)CC2)ccc1OCC(=O)N1CCCCC1. The molecule has 8 heteroatoms.